The molecule has 2 amide bonds. The molecule has 0 radical (unpaired) electrons. The summed E-state index contributed by atoms with van der Waals surface area (Å²) in [6.45, 7) is 4.71. The number of aryl methyl sites for hydroxylation is 2. The van der Waals surface area contributed by atoms with Crippen LogP contribution in [0.2, 0.25) is 5.02 Å². The van der Waals surface area contributed by atoms with E-state index in [-0.39, 0.29) is 29.2 Å². The topological polar surface area (TPSA) is 77.1 Å². The monoisotopic (exact) mass is 534 g/mol. The predicted octanol–water partition coefficient (Wildman–Crippen LogP) is 5.22. The van der Waals surface area contributed by atoms with E-state index in [1.54, 1.807) is 30.2 Å². The largest absolute Gasteiger partial charge is 0.493 e. The van der Waals surface area contributed by atoms with Gasteiger partial charge >= 0.3 is 0 Å². The first kappa shape index (κ1) is 27.0. The first-order chi connectivity index (χ1) is 16.7. The molecule has 186 valence electrons. The van der Waals surface area contributed by atoms with Crippen LogP contribution in [-0.4, -0.2) is 55.0 Å². The molecule has 1 saturated heterocycles. The van der Waals surface area contributed by atoms with E-state index < -0.39 is 0 Å². The van der Waals surface area contributed by atoms with Crippen LogP contribution in [0.3, 0.4) is 0 Å². The number of ether oxygens (including phenoxy) is 3. The lowest BCUT2D eigenvalue weighted by molar-refractivity contribution is -0.122. The van der Waals surface area contributed by atoms with Gasteiger partial charge < -0.3 is 19.5 Å². The van der Waals surface area contributed by atoms with Crippen LogP contribution in [-0.2, 0) is 14.3 Å². The lowest BCUT2D eigenvalue weighted by Crippen LogP contribution is -2.29. The Kier molecular flexibility index (Phi) is 9.56. The minimum absolute atomic E-state index is 0.158. The van der Waals surface area contributed by atoms with E-state index >= 15 is 0 Å². The van der Waals surface area contributed by atoms with Crippen molar-refractivity contribution in [3.05, 3.63) is 56.9 Å². The summed E-state index contributed by atoms with van der Waals surface area (Å²) in [5.74, 6) is 0.110. The number of anilines is 1. The SMILES string of the molecule is COCCCN1C(=O)/C(=C/c2cc(Cl)c(OCC(=O)Nc3ccc(C)cc3C)c(OC)c2)SC1=S. The highest BCUT2D eigenvalue weighted by atomic mass is 35.5. The van der Waals surface area contributed by atoms with Crippen LogP contribution in [0.5, 0.6) is 11.5 Å². The molecule has 2 aromatic carbocycles. The molecule has 1 aliphatic rings. The first-order valence-electron chi connectivity index (χ1n) is 10.8. The van der Waals surface area contributed by atoms with Crippen LogP contribution in [0, 0.1) is 13.8 Å². The fourth-order valence-electron chi connectivity index (χ4n) is 3.45. The molecule has 2 aromatic rings. The number of amides is 2. The maximum Gasteiger partial charge on any atom is 0.266 e. The molecule has 1 fully saturated rings. The Balaban J connectivity index is 1.70. The molecule has 10 heteroatoms. The van der Waals surface area contributed by atoms with Crippen LogP contribution in [0.15, 0.2) is 35.2 Å². The van der Waals surface area contributed by atoms with Crippen LogP contribution in [0.1, 0.15) is 23.1 Å². The molecule has 3 rings (SSSR count). The normalized spacial score (nSPS) is 14.5. The number of carbonyl (C=O) groups excluding carboxylic acids is 2. The number of thioether (sulfide) groups is 1. The average Bonchev–Trinajstić information content (AvgIpc) is 3.07. The van der Waals surface area contributed by atoms with Crippen molar-refractivity contribution in [1.29, 1.82) is 0 Å². The number of nitrogens with one attached hydrogen (secondary N) is 1. The van der Waals surface area contributed by atoms with Crippen LogP contribution in [0.4, 0.5) is 5.69 Å². The van der Waals surface area contributed by atoms with E-state index in [1.165, 1.54) is 18.9 Å². The third-order valence-electron chi connectivity index (χ3n) is 5.16. The second-order valence-corrected chi connectivity index (χ2v) is 9.95. The van der Waals surface area contributed by atoms with Crippen molar-refractivity contribution in [2.45, 2.75) is 20.3 Å². The third kappa shape index (κ3) is 6.98. The molecule has 1 heterocycles. The Labute approximate surface area is 219 Å². The molecule has 0 aliphatic carbocycles. The molecule has 0 atom stereocenters. The number of nitrogens with zero attached hydrogens (tertiary/aromatic N) is 1. The lowest BCUT2D eigenvalue weighted by Gasteiger charge is -2.14. The van der Waals surface area contributed by atoms with Crippen LogP contribution in [0.25, 0.3) is 6.08 Å². The fourth-order valence-corrected chi connectivity index (χ4v) is 5.03. The van der Waals surface area contributed by atoms with Crippen LogP contribution >= 0.6 is 35.6 Å². The highest BCUT2D eigenvalue weighted by molar-refractivity contribution is 8.26. The zero-order chi connectivity index (χ0) is 25.5. The van der Waals surface area contributed by atoms with E-state index in [0.717, 1.165) is 16.8 Å². The number of hydrogen-bond acceptors (Lipinski definition) is 7. The van der Waals surface area contributed by atoms with Gasteiger partial charge in [-0.25, -0.2) is 0 Å². The van der Waals surface area contributed by atoms with E-state index in [9.17, 15) is 9.59 Å². The summed E-state index contributed by atoms with van der Waals surface area (Å²) in [5, 5.41) is 3.09. The number of rotatable bonds is 10. The van der Waals surface area contributed by atoms with Gasteiger partial charge in [0.05, 0.1) is 17.0 Å². The summed E-state index contributed by atoms with van der Waals surface area (Å²) >= 11 is 13.0. The standard InChI is InChI=1S/C25H27ClN2O5S2/c1-15-6-7-19(16(2)10-15)27-22(29)14-33-23-18(26)11-17(12-20(23)32-4)13-21-24(30)28(25(34)35-21)8-5-9-31-3/h6-7,10-13H,5,8-9,14H2,1-4H3,(H,27,29)/b21-13-. The molecule has 0 aromatic heterocycles. The van der Waals surface area contributed by atoms with Crippen LogP contribution < -0.4 is 14.8 Å². The van der Waals surface area contributed by atoms with Crippen molar-refractivity contribution in [2.24, 2.45) is 0 Å². The lowest BCUT2D eigenvalue weighted by atomic mass is 10.1. The first-order valence-corrected chi connectivity index (χ1v) is 12.5. The highest BCUT2D eigenvalue weighted by Gasteiger charge is 2.31. The zero-order valence-electron chi connectivity index (χ0n) is 20.0. The summed E-state index contributed by atoms with van der Waals surface area (Å²) in [7, 11) is 3.10. The quantitative estimate of drug-likeness (QED) is 0.254. The van der Waals surface area contributed by atoms with Crippen molar-refractivity contribution in [1.82, 2.24) is 4.90 Å². The Hall–Kier alpha value is -2.59. The molecule has 35 heavy (non-hydrogen) atoms. The van der Waals surface area contributed by atoms with Gasteiger partial charge in [0.1, 0.15) is 4.32 Å². The number of benzene rings is 2. The maximum atomic E-state index is 12.8. The van der Waals surface area contributed by atoms with Crippen molar-refractivity contribution in [3.63, 3.8) is 0 Å². The summed E-state index contributed by atoms with van der Waals surface area (Å²) in [4.78, 5) is 27.3. The third-order valence-corrected chi connectivity index (χ3v) is 6.82. The number of methoxy groups -OCH3 is 2. The molecule has 0 saturated carbocycles. The molecule has 7 nitrogen and oxygen atoms in total. The molecular formula is C25H27ClN2O5S2. The van der Waals surface area contributed by atoms with Crippen molar-refractivity contribution in [2.75, 3.05) is 39.3 Å². The van der Waals surface area contributed by atoms with Gasteiger partial charge in [-0.2, -0.15) is 0 Å². The van der Waals surface area contributed by atoms with Gasteiger partial charge in [0.2, 0.25) is 0 Å². The number of carbonyl (C=O) groups is 2. The van der Waals surface area contributed by atoms with Gasteiger partial charge in [-0.3, -0.25) is 14.5 Å². The Morgan fingerprint density at radius 1 is 1.23 bits per heavy atom. The van der Waals surface area contributed by atoms with Gasteiger partial charge in [0.15, 0.2) is 18.1 Å². The number of halogens is 1. The van der Waals surface area contributed by atoms with Gasteiger partial charge in [0, 0.05) is 25.9 Å². The second-order valence-electron chi connectivity index (χ2n) is 7.87. The molecule has 0 unspecified atom stereocenters. The molecule has 0 bridgehead atoms. The van der Waals surface area contributed by atoms with Gasteiger partial charge in [-0.1, -0.05) is 53.3 Å². The minimum Gasteiger partial charge on any atom is -0.493 e. The van der Waals surface area contributed by atoms with E-state index in [0.29, 0.717) is 40.1 Å². The highest BCUT2D eigenvalue weighted by Crippen LogP contribution is 2.39. The molecule has 1 N–H and O–H groups in total. The summed E-state index contributed by atoms with van der Waals surface area (Å²) in [6.07, 6.45) is 2.40. The summed E-state index contributed by atoms with van der Waals surface area (Å²) < 4.78 is 16.7. The van der Waals surface area contributed by atoms with Gasteiger partial charge in [0.25, 0.3) is 11.8 Å². The Bertz CT molecular complexity index is 1170. The summed E-state index contributed by atoms with van der Waals surface area (Å²) in [6, 6.07) is 9.11. The number of thiocarbonyl (C=S) groups is 1. The Morgan fingerprint density at radius 2 is 2.00 bits per heavy atom. The van der Waals surface area contributed by atoms with Gasteiger partial charge in [-0.15, -0.1) is 0 Å². The smallest absolute Gasteiger partial charge is 0.266 e. The number of hydrogen-bond donors (Lipinski definition) is 1. The fraction of sp³-hybridized carbons (Fsp3) is 0.320. The summed E-state index contributed by atoms with van der Waals surface area (Å²) in [5.41, 5.74) is 3.44. The van der Waals surface area contributed by atoms with Crippen molar-refractivity contribution >= 4 is 63.5 Å². The predicted molar refractivity (Wildman–Crippen MR) is 144 cm³/mol. The molecule has 0 spiro atoms. The van der Waals surface area contributed by atoms with E-state index in [2.05, 4.69) is 5.32 Å². The van der Waals surface area contributed by atoms with Crippen molar-refractivity contribution in [3.8, 4) is 11.5 Å². The molecule has 1 aliphatic heterocycles. The maximum absolute atomic E-state index is 12.8. The van der Waals surface area contributed by atoms with E-state index in [4.69, 9.17) is 38.0 Å². The Morgan fingerprint density at radius 3 is 2.69 bits per heavy atom. The zero-order valence-corrected chi connectivity index (χ0v) is 22.4. The van der Waals surface area contributed by atoms with Crippen molar-refractivity contribution < 1.29 is 23.8 Å². The van der Waals surface area contributed by atoms with Gasteiger partial charge in [-0.05, 0) is 55.7 Å². The average molecular weight is 535 g/mol. The molecular weight excluding hydrogens is 508 g/mol. The minimum atomic E-state index is -0.323. The second kappa shape index (κ2) is 12.4. The van der Waals surface area contributed by atoms with E-state index in [1.807, 2.05) is 32.0 Å².